The van der Waals surface area contributed by atoms with Crippen molar-refractivity contribution in [2.45, 2.75) is 63.2 Å². The van der Waals surface area contributed by atoms with Gasteiger partial charge in [0.15, 0.2) is 0 Å². The molecule has 0 saturated heterocycles. The van der Waals surface area contributed by atoms with Crippen molar-refractivity contribution >= 4 is 15.9 Å². The minimum Gasteiger partial charge on any atom is -0.249 e. The third-order valence-electron chi connectivity index (χ3n) is 3.94. The lowest BCUT2D eigenvalue weighted by Gasteiger charge is -2.30. The average Bonchev–Trinajstić information content (AvgIpc) is 2.87. The van der Waals surface area contributed by atoms with Gasteiger partial charge < -0.3 is 0 Å². The molecule has 0 N–H and O–H groups in total. The summed E-state index contributed by atoms with van der Waals surface area (Å²) < 4.78 is 2.12. The fraction of sp³-hybridized carbons (Fsp3) is 0.846. The van der Waals surface area contributed by atoms with E-state index < -0.39 is 0 Å². The molecule has 2 rings (SSSR count). The Balaban J connectivity index is 2.12. The predicted octanol–water partition coefficient (Wildman–Crippen LogP) is 4.27. The van der Waals surface area contributed by atoms with Gasteiger partial charge in [-0.05, 0) is 25.2 Å². The molecule has 1 aromatic rings. The third-order valence-corrected chi connectivity index (χ3v) is 5.06. The van der Waals surface area contributed by atoms with Gasteiger partial charge in [0, 0.05) is 6.20 Å². The summed E-state index contributed by atoms with van der Waals surface area (Å²) in [4.78, 5) is 0.347. The van der Waals surface area contributed by atoms with Crippen LogP contribution >= 0.6 is 15.9 Å². The quantitative estimate of drug-likeness (QED) is 0.778. The van der Waals surface area contributed by atoms with Crippen LogP contribution < -0.4 is 0 Å². The molecule has 0 aromatic carbocycles. The Morgan fingerprint density at radius 2 is 2.18 bits per heavy atom. The second-order valence-corrected chi connectivity index (χ2v) is 6.12. The van der Waals surface area contributed by atoms with Gasteiger partial charge in [-0.3, -0.25) is 0 Å². The molecular weight excluding hydrogens is 278 g/mol. The Bertz CT molecular complexity index is 350. The maximum atomic E-state index is 4.34. The maximum absolute atomic E-state index is 4.34. The molecule has 3 nitrogen and oxygen atoms in total. The van der Waals surface area contributed by atoms with Crippen LogP contribution in [0.2, 0.25) is 0 Å². The highest BCUT2D eigenvalue weighted by Crippen LogP contribution is 2.36. The number of alkyl halides is 1. The van der Waals surface area contributed by atoms with E-state index in [1.54, 1.807) is 0 Å². The number of aromatic nitrogens is 3. The van der Waals surface area contributed by atoms with Crippen LogP contribution in [0.3, 0.4) is 0 Å². The van der Waals surface area contributed by atoms with E-state index in [1.807, 2.05) is 0 Å². The summed E-state index contributed by atoms with van der Waals surface area (Å²) >= 11 is 3.64. The third kappa shape index (κ3) is 2.90. The first-order valence-corrected chi connectivity index (χ1v) is 7.73. The van der Waals surface area contributed by atoms with Gasteiger partial charge in [0.25, 0.3) is 0 Å². The molecule has 1 aliphatic rings. The summed E-state index contributed by atoms with van der Waals surface area (Å²) in [5.74, 6) is 0.786. The second-order valence-electron chi connectivity index (χ2n) is 5.02. The van der Waals surface area contributed by atoms with Crippen molar-refractivity contribution in [1.29, 1.82) is 0 Å². The van der Waals surface area contributed by atoms with E-state index in [4.69, 9.17) is 0 Å². The molecule has 4 heteroatoms. The molecule has 3 unspecified atom stereocenters. The van der Waals surface area contributed by atoms with Crippen LogP contribution in [0, 0.1) is 5.92 Å². The Labute approximate surface area is 112 Å². The molecule has 0 aliphatic heterocycles. The van der Waals surface area contributed by atoms with Crippen molar-refractivity contribution < 1.29 is 0 Å². The maximum Gasteiger partial charge on any atom is 0.0963 e. The SMILES string of the molecule is CCC(Br)c1cn(C2CCCCC2CC)nn1. The van der Waals surface area contributed by atoms with Crippen molar-refractivity contribution in [2.75, 3.05) is 0 Å². The first-order chi connectivity index (χ1) is 8.26. The van der Waals surface area contributed by atoms with Gasteiger partial charge in [0.05, 0.1) is 16.6 Å². The van der Waals surface area contributed by atoms with E-state index in [9.17, 15) is 0 Å². The lowest BCUT2D eigenvalue weighted by molar-refractivity contribution is 0.214. The van der Waals surface area contributed by atoms with Crippen LogP contribution in [-0.2, 0) is 0 Å². The zero-order valence-corrected chi connectivity index (χ0v) is 12.4. The lowest BCUT2D eigenvalue weighted by Crippen LogP contribution is -2.23. The first kappa shape index (κ1) is 13.1. The molecule has 0 radical (unpaired) electrons. The summed E-state index contributed by atoms with van der Waals surface area (Å²) in [7, 11) is 0. The van der Waals surface area contributed by atoms with Gasteiger partial charge in [-0.15, -0.1) is 5.10 Å². The van der Waals surface area contributed by atoms with Gasteiger partial charge in [0.1, 0.15) is 0 Å². The lowest BCUT2D eigenvalue weighted by atomic mass is 9.83. The highest BCUT2D eigenvalue weighted by molar-refractivity contribution is 9.09. The van der Waals surface area contributed by atoms with E-state index in [1.165, 1.54) is 32.1 Å². The molecule has 1 saturated carbocycles. The van der Waals surface area contributed by atoms with Gasteiger partial charge in [-0.2, -0.15) is 0 Å². The topological polar surface area (TPSA) is 30.7 Å². The highest BCUT2D eigenvalue weighted by atomic mass is 79.9. The van der Waals surface area contributed by atoms with E-state index in [-0.39, 0.29) is 0 Å². The Morgan fingerprint density at radius 3 is 2.88 bits per heavy atom. The Kier molecular flexibility index (Phi) is 4.60. The van der Waals surface area contributed by atoms with Crippen molar-refractivity contribution in [3.8, 4) is 0 Å². The average molecular weight is 300 g/mol. The molecule has 0 amide bonds. The molecular formula is C13H22BrN3. The van der Waals surface area contributed by atoms with Gasteiger partial charge >= 0.3 is 0 Å². The number of hydrogen-bond donors (Lipinski definition) is 0. The number of nitrogens with zero attached hydrogens (tertiary/aromatic N) is 3. The highest BCUT2D eigenvalue weighted by Gasteiger charge is 2.26. The molecule has 1 heterocycles. The summed E-state index contributed by atoms with van der Waals surface area (Å²) in [6, 6.07) is 0.576. The fourth-order valence-electron chi connectivity index (χ4n) is 2.82. The fourth-order valence-corrected chi connectivity index (χ4v) is 3.03. The van der Waals surface area contributed by atoms with Crippen LogP contribution in [0.5, 0.6) is 0 Å². The van der Waals surface area contributed by atoms with E-state index in [0.29, 0.717) is 10.9 Å². The van der Waals surface area contributed by atoms with Gasteiger partial charge in [0.2, 0.25) is 0 Å². The molecule has 96 valence electrons. The molecule has 0 spiro atoms. The Morgan fingerprint density at radius 1 is 1.41 bits per heavy atom. The predicted molar refractivity (Wildman–Crippen MR) is 73.3 cm³/mol. The number of hydrogen-bond acceptors (Lipinski definition) is 2. The summed E-state index contributed by atoms with van der Waals surface area (Å²) in [6.07, 6.45) is 9.78. The van der Waals surface area contributed by atoms with E-state index in [0.717, 1.165) is 18.0 Å². The molecule has 1 aromatic heterocycles. The second kappa shape index (κ2) is 5.98. The Hall–Kier alpha value is -0.380. The molecule has 17 heavy (non-hydrogen) atoms. The zero-order chi connectivity index (χ0) is 12.3. The summed E-state index contributed by atoms with van der Waals surface area (Å²) in [6.45, 7) is 4.45. The van der Waals surface area contributed by atoms with E-state index >= 15 is 0 Å². The van der Waals surface area contributed by atoms with Crippen LogP contribution in [0.1, 0.15) is 68.9 Å². The van der Waals surface area contributed by atoms with Crippen LogP contribution in [-0.4, -0.2) is 15.0 Å². The molecule has 1 aliphatic carbocycles. The van der Waals surface area contributed by atoms with E-state index in [2.05, 4.69) is 51.0 Å². The molecule has 1 fully saturated rings. The number of rotatable bonds is 4. The van der Waals surface area contributed by atoms with Gasteiger partial charge in [-0.1, -0.05) is 54.3 Å². The first-order valence-electron chi connectivity index (χ1n) is 6.82. The van der Waals surface area contributed by atoms with Gasteiger partial charge in [-0.25, -0.2) is 4.68 Å². The van der Waals surface area contributed by atoms with Crippen molar-refractivity contribution in [3.63, 3.8) is 0 Å². The molecule has 0 bridgehead atoms. The van der Waals surface area contributed by atoms with Crippen LogP contribution in [0.25, 0.3) is 0 Å². The molecule has 3 atom stereocenters. The van der Waals surface area contributed by atoms with Crippen molar-refractivity contribution in [2.24, 2.45) is 5.92 Å². The zero-order valence-electron chi connectivity index (χ0n) is 10.8. The monoisotopic (exact) mass is 299 g/mol. The normalized spacial score (nSPS) is 27.0. The summed E-state index contributed by atoms with van der Waals surface area (Å²) in [5.41, 5.74) is 1.08. The minimum atomic E-state index is 0.347. The van der Waals surface area contributed by atoms with Crippen molar-refractivity contribution in [3.05, 3.63) is 11.9 Å². The summed E-state index contributed by atoms with van der Waals surface area (Å²) in [5, 5.41) is 8.64. The standard InChI is InChI=1S/C13H22BrN3/c1-3-10-7-5-6-8-13(10)17-9-12(15-16-17)11(14)4-2/h9-11,13H,3-8H2,1-2H3. The minimum absolute atomic E-state index is 0.347. The van der Waals surface area contributed by atoms with Crippen molar-refractivity contribution in [1.82, 2.24) is 15.0 Å². The number of halogens is 1. The smallest absolute Gasteiger partial charge is 0.0963 e. The van der Waals surface area contributed by atoms with Crippen LogP contribution in [0.4, 0.5) is 0 Å². The largest absolute Gasteiger partial charge is 0.249 e. The van der Waals surface area contributed by atoms with Crippen LogP contribution in [0.15, 0.2) is 6.20 Å².